The molecule has 0 heterocycles. The standard InChI is InChI=1S/C14H24N2O3S/c1-13(2,14(3,4)17)15-20(18,19)16(5)11-12-9-7-6-8-10-12/h6-10,15,17H,11H2,1-5H3. The highest BCUT2D eigenvalue weighted by atomic mass is 32.2. The Morgan fingerprint density at radius 2 is 1.65 bits per heavy atom. The van der Waals surface area contributed by atoms with E-state index >= 15 is 0 Å². The van der Waals surface area contributed by atoms with Crippen LogP contribution in [0.25, 0.3) is 0 Å². The summed E-state index contributed by atoms with van der Waals surface area (Å²) in [6, 6.07) is 9.35. The molecule has 0 bridgehead atoms. The first-order valence-corrected chi connectivity index (χ1v) is 7.91. The Bertz CT molecular complexity index is 533. The molecular weight excluding hydrogens is 276 g/mol. The molecule has 0 aliphatic heterocycles. The van der Waals surface area contributed by atoms with E-state index in [9.17, 15) is 13.5 Å². The second-order valence-electron chi connectivity index (χ2n) is 6.03. The molecule has 0 amide bonds. The van der Waals surface area contributed by atoms with Crippen LogP contribution in [0.5, 0.6) is 0 Å². The molecule has 0 aromatic heterocycles. The Morgan fingerprint density at radius 3 is 2.10 bits per heavy atom. The molecule has 0 radical (unpaired) electrons. The SMILES string of the molecule is CN(Cc1ccccc1)S(=O)(=O)NC(C)(C)C(C)(C)O. The molecule has 0 atom stereocenters. The van der Waals surface area contributed by atoms with Crippen LogP contribution in [0.3, 0.4) is 0 Å². The average Bonchev–Trinajstić information content (AvgIpc) is 2.27. The number of benzene rings is 1. The number of aliphatic hydroxyl groups is 1. The van der Waals surface area contributed by atoms with Gasteiger partial charge >= 0.3 is 0 Å². The third kappa shape index (κ3) is 4.28. The van der Waals surface area contributed by atoms with Crippen molar-refractivity contribution in [3.63, 3.8) is 0 Å². The largest absolute Gasteiger partial charge is 0.389 e. The summed E-state index contributed by atoms with van der Waals surface area (Å²) in [5.41, 5.74) is -1.24. The van der Waals surface area contributed by atoms with Crippen LogP contribution in [0.1, 0.15) is 33.3 Å². The molecule has 0 aliphatic carbocycles. The smallest absolute Gasteiger partial charge is 0.280 e. The summed E-state index contributed by atoms with van der Waals surface area (Å²) in [7, 11) is -2.17. The summed E-state index contributed by atoms with van der Waals surface area (Å²) < 4.78 is 28.4. The topological polar surface area (TPSA) is 69.6 Å². The number of nitrogens with one attached hydrogen (secondary N) is 1. The molecule has 6 heteroatoms. The maximum absolute atomic E-state index is 12.3. The average molecular weight is 300 g/mol. The quantitative estimate of drug-likeness (QED) is 0.836. The molecule has 0 unspecified atom stereocenters. The van der Waals surface area contributed by atoms with Gasteiger partial charge in [0, 0.05) is 13.6 Å². The lowest BCUT2D eigenvalue weighted by Gasteiger charge is -2.38. The zero-order valence-electron chi connectivity index (χ0n) is 12.7. The zero-order chi connectivity index (χ0) is 15.6. The van der Waals surface area contributed by atoms with Crippen LogP contribution >= 0.6 is 0 Å². The van der Waals surface area contributed by atoms with Gasteiger partial charge in [0.1, 0.15) is 0 Å². The van der Waals surface area contributed by atoms with E-state index < -0.39 is 21.3 Å². The van der Waals surface area contributed by atoms with Crippen molar-refractivity contribution in [2.24, 2.45) is 0 Å². The molecule has 0 fully saturated rings. The molecule has 1 aromatic rings. The lowest BCUT2D eigenvalue weighted by atomic mass is 9.87. The van der Waals surface area contributed by atoms with E-state index in [-0.39, 0.29) is 6.54 Å². The first kappa shape index (κ1) is 17.1. The summed E-state index contributed by atoms with van der Waals surface area (Å²) in [6.07, 6.45) is 0. The Labute approximate surface area is 121 Å². The minimum Gasteiger partial charge on any atom is -0.389 e. The van der Waals surface area contributed by atoms with Gasteiger partial charge in [0.25, 0.3) is 10.2 Å². The third-order valence-electron chi connectivity index (χ3n) is 3.57. The summed E-state index contributed by atoms with van der Waals surface area (Å²) >= 11 is 0. The second kappa shape index (κ2) is 5.81. The fourth-order valence-corrected chi connectivity index (χ4v) is 2.82. The van der Waals surface area contributed by atoms with Crippen LogP contribution in [0, 0.1) is 0 Å². The second-order valence-corrected chi connectivity index (χ2v) is 7.81. The van der Waals surface area contributed by atoms with Crippen molar-refractivity contribution in [2.45, 2.75) is 45.4 Å². The molecular formula is C14H24N2O3S. The number of nitrogens with zero attached hydrogens (tertiary/aromatic N) is 1. The number of hydrogen-bond acceptors (Lipinski definition) is 3. The van der Waals surface area contributed by atoms with E-state index in [4.69, 9.17) is 0 Å². The van der Waals surface area contributed by atoms with Crippen molar-refractivity contribution >= 4 is 10.2 Å². The van der Waals surface area contributed by atoms with Gasteiger partial charge in [0.05, 0.1) is 11.1 Å². The van der Waals surface area contributed by atoms with E-state index in [0.717, 1.165) is 5.56 Å². The van der Waals surface area contributed by atoms with Crippen LogP contribution < -0.4 is 4.72 Å². The van der Waals surface area contributed by atoms with Gasteiger partial charge in [-0.05, 0) is 33.3 Å². The predicted octanol–water partition coefficient (Wildman–Crippen LogP) is 1.50. The minimum absolute atomic E-state index is 0.276. The van der Waals surface area contributed by atoms with E-state index in [1.807, 2.05) is 30.3 Å². The number of hydrogen-bond donors (Lipinski definition) is 2. The Balaban J connectivity index is 2.84. The monoisotopic (exact) mass is 300 g/mol. The van der Waals surface area contributed by atoms with E-state index in [1.54, 1.807) is 27.7 Å². The molecule has 0 aliphatic rings. The molecule has 20 heavy (non-hydrogen) atoms. The highest BCUT2D eigenvalue weighted by Gasteiger charge is 2.39. The first-order valence-electron chi connectivity index (χ1n) is 6.47. The lowest BCUT2D eigenvalue weighted by molar-refractivity contribution is 0.00571. The normalized spacial score (nSPS) is 13.8. The van der Waals surface area contributed by atoms with E-state index in [2.05, 4.69) is 4.72 Å². The van der Waals surface area contributed by atoms with Crippen molar-refractivity contribution in [2.75, 3.05) is 7.05 Å². The molecule has 114 valence electrons. The van der Waals surface area contributed by atoms with Crippen LogP contribution in [0.2, 0.25) is 0 Å². The van der Waals surface area contributed by atoms with E-state index in [0.29, 0.717) is 0 Å². The predicted molar refractivity (Wildman–Crippen MR) is 80.3 cm³/mol. The lowest BCUT2D eigenvalue weighted by Crippen LogP contribution is -2.59. The summed E-state index contributed by atoms with van der Waals surface area (Å²) in [6.45, 7) is 6.74. The van der Waals surface area contributed by atoms with Gasteiger partial charge in [0.2, 0.25) is 0 Å². The summed E-state index contributed by atoms with van der Waals surface area (Å²) in [5.74, 6) is 0. The Kier molecular flexibility index (Phi) is 4.97. The van der Waals surface area contributed by atoms with Gasteiger partial charge in [-0.15, -0.1) is 0 Å². The summed E-state index contributed by atoms with van der Waals surface area (Å²) in [5, 5.41) is 10.0. The van der Waals surface area contributed by atoms with Crippen molar-refractivity contribution in [3.05, 3.63) is 35.9 Å². The van der Waals surface area contributed by atoms with Gasteiger partial charge in [-0.25, -0.2) is 0 Å². The highest BCUT2D eigenvalue weighted by Crippen LogP contribution is 2.22. The molecule has 0 spiro atoms. The van der Waals surface area contributed by atoms with Gasteiger partial charge < -0.3 is 5.11 Å². The molecule has 1 rings (SSSR count). The van der Waals surface area contributed by atoms with Gasteiger partial charge in [-0.3, -0.25) is 0 Å². The zero-order valence-corrected chi connectivity index (χ0v) is 13.5. The van der Waals surface area contributed by atoms with Gasteiger partial charge in [0.15, 0.2) is 0 Å². The van der Waals surface area contributed by atoms with Crippen molar-refractivity contribution in [3.8, 4) is 0 Å². The highest BCUT2D eigenvalue weighted by molar-refractivity contribution is 7.87. The Morgan fingerprint density at radius 1 is 1.15 bits per heavy atom. The van der Waals surface area contributed by atoms with Gasteiger partial charge in [-0.2, -0.15) is 17.4 Å². The molecule has 0 saturated heterocycles. The van der Waals surface area contributed by atoms with Crippen molar-refractivity contribution < 1.29 is 13.5 Å². The van der Waals surface area contributed by atoms with Crippen molar-refractivity contribution in [1.29, 1.82) is 0 Å². The van der Waals surface area contributed by atoms with Gasteiger partial charge in [-0.1, -0.05) is 30.3 Å². The maximum Gasteiger partial charge on any atom is 0.280 e. The van der Waals surface area contributed by atoms with Crippen LogP contribution in [-0.4, -0.2) is 36.0 Å². The van der Waals surface area contributed by atoms with Crippen LogP contribution in [-0.2, 0) is 16.8 Å². The third-order valence-corrected chi connectivity index (χ3v) is 5.29. The Hall–Kier alpha value is -0.950. The fraction of sp³-hybridized carbons (Fsp3) is 0.571. The summed E-state index contributed by atoms with van der Waals surface area (Å²) in [4.78, 5) is 0. The molecule has 0 saturated carbocycles. The fourth-order valence-electron chi connectivity index (χ4n) is 1.45. The van der Waals surface area contributed by atoms with Crippen LogP contribution in [0.15, 0.2) is 30.3 Å². The van der Waals surface area contributed by atoms with E-state index in [1.165, 1.54) is 11.4 Å². The molecule has 1 aromatic carbocycles. The molecule has 2 N–H and O–H groups in total. The minimum atomic E-state index is -3.68. The van der Waals surface area contributed by atoms with Crippen LogP contribution in [0.4, 0.5) is 0 Å². The number of rotatable bonds is 6. The maximum atomic E-state index is 12.3. The first-order chi connectivity index (χ1) is 8.96. The van der Waals surface area contributed by atoms with Crippen molar-refractivity contribution in [1.82, 2.24) is 9.03 Å². The molecule has 5 nitrogen and oxygen atoms in total.